The smallest absolute Gasteiger partial charge is 0.426 e. The molecule has 0 aromatic heterocycles. The lowest BCUT2D eigenvalue weighted by Gasteiger charge is -2.36. The van der Waals surface area contributed by atoms with Gasteiger partial charge in [0, 0.05) is 6.42 Å². The summed E-state index contributed by atoms with van der Waals surface area (Å²) in [6.07, 6.45) is -4.06. The maximum absolute atomic E-state index is 14.1. The molecule has 0 bridgehead atoms. The summed E-state index contributed by atoms with van der Waals surface area (Å²) in [5, 5.41) is -2.63. The highest BCUT2D eigenvalue weighted by atomic mass is 32.2. The van der Waals surface area contributed by atoms with Crippen LogP contribution in [0.25, 0.3) is 0 Å². The van der Waals surface area contributed by atoms with Gasteiger partial charge in [-0.25, -0.2) is 4.79 Å². The van der Waals surface area contributed by atoms with Gasteiger partial charge in [-0.3, -0.25) is 4.79 Å². The van der Waals surface area contributed by atoms with Crippen molar-refractivity contribution in [1.82, 2.24) is 0 Å². The normalized spacial score (nSPS) is 24.3. The Labute approximate surface area is 136 Å². The lowest BCUT2D eigenvalue weighted by molar-refractivity contribution is -0.148. The molecule has 2 atom stereocenters. The summed E-state index contributed by atoms with van der Waals surface area (Å²) in [6, 6.07) is 0. The molecule has 132 valence electrons. The average molecular weight is 356 g/mol. The van der Waals surface area contributed by atoms with Gasteiger partial charge in [0.1, 0.15) is 5.78 Å². The molecule has 0 spiro atoms. The number of ketones is 1. The highest BCUT2D eigenvalue weighted by Gasteiger charge is 2.45. The molecular formula is C15H20F4O3S. The van der Waals surface area contributed by atoms with Crippen molar-refractivity contribution in [2.45, 2.75) is 51.5 Å². The molecule has 0 aromatic rings. The first kappa shape index (κ1) is 20.0. The van der Waals surface area contributed by atoms with E-state index in [1.165, 1.54) is 0 Å². The standard InChI is InChI=1S/C15H20F4O3S/c1-14(2,3)8-5-6-9(20)10(7-8)23-12(16)11(13(21)22-4)15(17,18)19/h8,10H,5-7H2,1-4H3/b12-11-. The minimum Gasteiger partial charge on any atom is -0.465 e. The highest BCUT2D eigenvalue weighted by Crippen LogP contribution is 2.44. The van der Waals surface area contributed by atoms with Gasteiger partial charge in [0.15, 0.2) is 10.7 Å². The lowest BCUT2D eigenvalue weighted by Crippen LogP contribution is -2.34. The van der Waals surface area contributed by atoms with E-state index in [0.29, 0.717) is 6.42 Å². The number of esters is 1. The van der Waals surface area contributed by atoms with E-state index in [1.54, 1.807) is 0 Å². The monoisotopic (exact) mass is 356 g/mol. The van der Waals surface area contributed by atoms with Gasteiger partial charge >= 0.3 is 12.1 Å². The topological polar surface area (TPSA) is 43.4 Å². The summed E-state index contributed by atoms with van der Waals surface area (Å²) >= 11 is 0.170. The van der Waals surface area contributed by atoms with Crippen molar-refractivity contribution < 1.29 is 31.9 Å². The van der Waals surface area contributed by atoms with Crippen molar-refractivity contribution in [2.24, 2.45) is 11.3 Å². The van der Waals surface area contributed by atoms with Gasteiger partial charge < -0.3 is 4.74 Å². The fourth-order valence-electron chi connectivity index (χ4n) is 2.48. The number of thioether (sulfide) groups is 1. The van der Waals surface area contributed by atoms with Gasteiger partial charge in [-0.2, -0.15) is 17.6 Å². The summed E-state index contributed by atoms with van der Waals surface area (Å²) < 4.78 is 56.5. The third-order valence-corrected chi connectivity index (χ3v) is 5.09. The molecule has 0 saturated heterocycles. The molecule has 0 radical (unpaired) electrons. The Balaban J connectivity index is 3.04. The van der Waals surface area contributed by atoms with Gasteiger partial charge in [-0.1, -0.05) is 32.5 Å². The number of carbonyl (C=O) groups excluding carboxylic acids is 2. The molecule has 0 N–H and O–H groups in total. The molecule has 1 aliphatic carbocycles. The van der Waals surface area contributed by atoms with Crippen LogP contribution in [0.1, 0.15) is 40.0 Å². The van der Waals surface area contributed by atoms with Gasteiger partial charge in [0.2, 0.25) is 0 Å². The van der Waals surface area contributed by atoms with Crippen LogP contribution in [-0.2, 0) is 14.3 Å². The number of rotatable bonds is 3. The van der Waals surface area contributed by atoms with Crippen LogP contribution in [-0.4, -0.2) is 30.3 Å². The van der Waals surface area contributed by atoms with Crippen LogP contribution in [0.4, 0.5) is 17.6 Å². The van der Waals surface area contributed by atoms with E-state index in [-0.39, 0.29) is 41.7 Å². The van der Waals surface area contributed by atoms with Gasteiger partial charge in [0.05, 0.1) is 12.4 Å². The molecule has 1 saturated carbocycles. The Bertz CT molecular complexity index is 506. The first-order chi connectivity index (χ1) is 10.4. The number of Topliss-reactive ketones (excluding diaryl/α,β-unsaturated/α-hetero) is 1. The summed E-state index contributed by atoms with van der Waals surface area (Å²) in [5.74, 6) is -1.99. The summed E-state index contributed by atoms with van der Waals surface area (Å²) in [4.78, 5) is 23.1. The molecule has 23 heavy (non-hydrogen) atoms. The number of methoxy groups -OCH3 is 1. The predicted molar refractivity (Wildman–Crippen MR) is 79.4 cm³/mol. The lowest BCUT2D eigenvalue weighted by atomic mass is 9.72. The Kier molecular flexibility index (Phi) is 6.29. The maximum atomic E-state index is 14.1. The molecule has 1 aliphatic rings. The average Bonchev–Trinajstić information content (AvgIpc) is 2.38. The van der Waals surface area contributed by atoms with Crippen LogP contribution < -0.4 is 0 Å². The van der Waals surface area contributed by atoms with Crippen LogP contribution >= 0.6 is 11.8 Å². The van der Waals surface area contributed by atoms with Crippen LogP contribution in [0.5, 0.6) is 0 Å². The quantitative estimate of drug-likeness (QED) is 0.427. The Hall–Kier alpha value is -1.05. The molecule has 0 aromatic carbocycles. The second-order valence-electron chi connectivity index (χ2n) is 6.55. The van der Waals surface area contributed by atoms with E-state index in [2.05, 4.69) is 4.74 Å². The largest absolute Gasteiger partial charge is 0.465 e. The predicted octanol–water partition coefficient (Wildman–Crippen LogP) is 4.42. The summed E-state index contributed by atoms with van der Waals surface area (Å²) in [6.45, 7) is 5.91. The molecule has 0 aliphatic heterocycles. The molecular weight excluding hydrogens is 336 g/mol. The molecule has 2 unspecified atom stereocenters. The Morgan fingerprint density at radius 1 is 1.26 bits per heavy atom. The Morgan fingerprint density at radius 3 is 2.26 bits per heavy atom. The van der Waals surface area contributed by atoms with E-state index >= 15 is 0 Å². The van der Waals surface area contributed by atoms with E-state index < -0.39 is 28.1 Å². The van der Waals surface area contributed by atoms with E-state index in [1.807, 2.05) is 20.8 Å². The molecule has 8 heteroatoms. The minimum atomic E-state index is -5.18. The van der Waals surface area contributed by atoms with Crippen molar-refractivity contribution in [2.75, 3.05) is 7.11 Å². The first-order valence-electron chi connectivity index (χ1n) is 7.12. The van der Waals surface area contributed by atoms with Crippen molar-refractivity contribution in [3.05, 3.63) is 10.7 Å². The van der Waals surface area contributed by atoms with Crippen LogP contribution in [0, 0.1) is 11.3 Å². The number of halogens is 4. The molecule has 1 rings (SSSR count). The molecule has 1 fully saturated rings. The maximum Gasteiger partial charge on any atom is 0.426 e. The van der Waals surface area contributed by atoms with Crippen molar-refractivity contribution in [1.29, 1.82) is 0 Å². The zero-order valence-electron chi connectivity index (χ0n) is 13.4. The summed E-state index contributed by atoms with van der Waals surface area (Å²) in [5.41, 5.74) is -2.12. The first-order valence-corrected chi connectivity index (χ1v) is 8.00. The van der Waals surface area contributed by atoms with Gasteiger partial charge in [-0.15, -0.1) is 0 Å². The zero-order chi connectivity index (χ0) is 18.0. The number of carbonyl (C=O) groups is 2. The molecule has 0 heterocycles. The highest BCUT2D eigenvalue weighted by molar-refractivity contribution is 8.04. The SMILES string of the molecule is COC(=O)/C(=C(\F)SC1CC(C(C)(C)C)CCC1=O)C(F)(F)F. The van der Waals surface area contributed by atoms with Crippen molar-refractivity contribution in [3.8, 4) is 0 Å². The van der Waals surface area contributed by atoms with E-state index in [0.717, 1.165) is 7.11 Å². The van der Waals surface area contributed by atoms with Crippen LogP contribution in [0.15, 0.2) is 10.7 Å². The van der Waals surface area contributed by atoms with Gasteiger partial charge in [0.25, 0.3) is 0 Å². The second-order valence-corrected chi connectivity index (χ2v) is 7.71. The number of hydrogen-bond donors (Lipinski definition) is 0. The van der Waals surface area contributed by atoms with Gasteiger partial charge in [-0.05, 0) is 24.2 Å². The zero-order valence-corrected chi connectivity index (χ0v) is 14.2. The second kappa shape index (κ2) is 7.23. The fourth-order valence-corrected chi connectivity index (χ4v) is 3.62. The number of ether oxygens (including phenoxy) is 1. The Morgan fingerprint density at radius 2 is 1.83 bits per heavy atom. The third kappa shape index (κ3) is 5.22. The number of alkyl halides is 3. The third-order valence-electron chi connectivity index (χ3n) is 3.94. The summed E-state index contributed by atoms with van der Waals surface area (Å²) in [7, 11) is 0.743. The van der Waals surface area contributed by atoms with Crippen LogP contribution in [0.2, 0.25) is 0 Å². The van der Waals surface area contributed by atoms with Crippen molar-refractivity contribution >= 4 is 23.5 Å². The van der Waals surface area contributed by atoms with Crippen molar-refractivity contribution in [3.63, 3.8) is 0 Å². The minimum absolute atomic E-state index is 0.0953. The molecule has 0 amide bonds. The van der Waals surface area contributed by atoms with Crippen LogP contribution in [0.3, 0.4) is 0 Å². The van der Waals surface area contributed by atoms with E-state index in [9.17, 15) is 27.2 Å². The number of hydrogen-bond acceptors (Lipinski definition) is 4. The van der Waals surface area contributed by atoms with E-state index in [4.69, 9.17) is 0 Å². The fraction of sp³-hybridized carbons (Fsp3) is 0.733. The molecule has 3 nitrogen and oxygen atoms in total.